The Balaban J connectivity index is 3.28. The predicted molar refractivity (Wildman–Crippen MR) is 141 cm³/mol. The molecule has 0 heterocycles. The molecule has 0 saturated heterocycles. The second-order valence-electron chi connectivity index (χ2n) is 10.9. The van der Waals surface area contributed by atoms with E-state index in [2.05, 4.69) is 21.0 Å². The molecule has 0 amide bonds. The van der Waals surface area contributed by atoms with Gasteiger partial charge in [0.25, 0.3) is 0 Å². The highest BCUT2D eigenvalue weighted by Crippen LogP contribution is 2.15. The number of aliphatic hydroxyl groups excluding tert-OH is 1. The fourth-order valence-electron chi connectivity index (χ4n) is 4.74. The summed E-state index contributed by atoms with van der Waals surface area (Å²) in [6, 6.07) is 0. The normalized spacial score (nSPS) is 12.0. The summed E-state index contributed by atoms with van der Waals surface area (Å²) in [6.45, 7) is 5.39. The zero-order valence-corrected chi connectivity index (χ0v) is 22.3. The van der Waals surface area contributed by atoms with Gasteiger partial charge < -0.3 is 9.59 Å². The minimum Gasteiger partial charge on any atom is -0.396 e. The fourth-order valence-corrected chi connectivity index (χ4v) is 4.74. The van der Waals surface area contributed by atoms with E-state index in [0.29, 0.717) is 6.61 Å². The lowest BCUT2D eigenvalue weighted by Gasteiger charge is -2.30. The summed E-state index contributed by atoms with van der Waals surface area (Å²) in [4.78, 5) is 0. The molecular weight excluding hydrogens is 378 g/mol. The van der Waals surface area contributed by atoms with Crippen LogP contribution in [0.5, 0.6) is 0 Å². The van der Waals surface area contributed by atoms with Crippen molar-refractivity contribution in [3.05, 3.63) is 0 Å². The first-order valence-corrected chi connectivity index (χ1v) is 14.6. The largest absolute Gasteiger partial charge is 0.396 e. The lowest BCUT2D eigenvalue weighted by atomic mass is 10.0. The smallest absolute Gasteiger partial charge is 0.0782 e. The highest BCUT2D eigenvalue weighted by Gasteiger charge is 2.13. The van der Waals surface area contributed by atoms with Gasteiger partial charge in [0.15, 0.2) is 0 Å². The van der Waals surface area contributed by atoms with Gasteiger partial charge in [0, 0.05) is 6.61 Å². The Morgan fingerprint density at radius 1 is 0.387 bits per heavy atom. The molecule has 0 bridgehead atoms. The highest BCUT2D eigenvalue weighted by molar-refractivity contribution is 4.51. The van der Waals surface area contributed by atoms with Gasteiger partial charge in [-0.25, -0.2) is 0 Å². The molecule has 2 heteroatoms. The van der Waals surface area contributed by atoms with Gasteiger partial charge in [-0.15, -0.1) is 0 Å². The third-order valence-electron chi connectivity index (χ3n) is 7.04. The first-order valence-electron chi connectivity index (χ1n) is 14.6. The molecule has 0 rings (SSSR count). The Bertz CT molecular complexity index is 329. The average molecular weight is 441 g/mol. The molecule has 188 valence electrons. The van der Waals surface area contributed by atoms with Gasteiger partial charge in [-0.3, -0.25) is 0 Å². The summed E-state index contributed by atoms with van der Waals surface area (Å²) >= 11 is 0. The molecule has 0 aliphatic rings. The standard InChI is InChI=1S/C29H62NO/c1-4-5-6-7-8-9-10-11-12-13-15-18-21-24-27-30(2,3)28-25-22-19-16-14-17-20-23-26-29-31/h31H,4-29H2,1-3H3/q+1. The van der Waals surface area contributed by atoms with Gasteiger partial charge in [-0.1, -0.05) is 122 Å². The molecule has 0 aromatic rings. The molecule has 0 aliphatic carbocycles. The number of rotatable bonds is 26. The second kappa shape index (κ2) is 24.6. The van der Waals surface area contributed by atoms with Crippen LogP contribution in [0.2, 0.25) is 0 Å². The summed E-state index contributed by atoms with van der Waals surface area (Å²) < 4.78 is 1.22. The monoisotopic (exact) mass is 440 g/mol. The second-order valence-corrected chi connectivity index (χ2v) is 10.9. The number of aliphatic hydroxyl groups is 1. The molecule has 2 nitrogen and oxygen atoms in total. The van der Waals surface area contributed by atoms with E-state index in [0.717, 1.165) is 6.42 Å². The van der Waals surface area contributed by atoms with Gasteiger partial charge in [-0.2, -0.15) is 0 Å². The van der Waals surface area contributed by atoms with Crippen LogP contribution < -0.4 is 0 Å². The number of hydrogen-bond acceptors (Lipinski definition) is 1. The molecule has 0 aromatic carbocycles. The molecular formula is C29H62NO+. The zero-order valence-electron chi connectivity index (χ0n) is 22.3. The average Bonchev–Trinajstić information content (AvgIpc) is 2.75. The Labute approximate surface area is 198 Å². The van der Waals surface area contributed by atoms with Crippen molar-refractivity contribution in [3.8, 4) is 0 Å². The lowest BCUT2D eigenvalue weighted by molar-refractivity contribution is -0.890. The Kier molecular flexibility index (Phi) is 24.5. The first-order chi connectivity index (χ1) is 15.1. The summed E-state index contributed by atoms with van der Waals surface area (Å²) in [7, 11) is 4.87. The van der Waals surface area contributed by atoms with Crippen molar-refractivity contribution < 1.29 is 9.59 Å². The topological polar surface area (TPSA) is 20.2 Å². The van der Waals surface area contributed by atoms with E-state index in [1.807, 2.05) is 0 Å². The van der Waals surface area contributed by atoms with E-state index in [4.69, 9.17) is 5.11 Å². The summed E-state index contributed by atoms with van der Waals surface area (Å²) in [5, 5.41) is 8.79. The number of hydrogen-bond donors (Lipinski definition) is 1. The molecule has 1 N–H and O–H groups in total. The van der Waals surface area contributed by atoms with Crippen molar-refractivity contribution in [3.63, 3.8) is 0 Å². The summed E-state index contributed by atoms with van der Waals surface area (Å²) in [5.74, 6) is 0. The van der Waals surface area contributed by atoms with Crippen molar-refractivity contribution in [1.82, 2.24) is 0 Å². The Hall–Kier alpha value is -0.0800. The van der Waals surface area contributed by atoms with E-state index >= 15 is 0 Å². The van der Waals surface area contributed by atoms with Crippen LogP contribution in [0.3, 0.4) is 0 Å². The zero-order chi connectivity index (χ0) is 22.9. The van der Waals surface area contributed by atoms with Gasteiger partial charge in [0.1, 0.15) is 0 Å². The van der Waals surface area contributed by atoms with Crippen LogP contribution in [-0.4, -0.2) is 43.4 Å². The third-order valence-corrected chi connectivity index (χ3v) is 7.04. The minimum absolute atomic E-state index is 0.368. The molecule has 0 spiro atoms. The van der Waals surface area contributed by atoms with Gasteiger partial charge in [0.05, 0.1) is 27.2 Å². The SMILES string of the molecule is CCCCCCCCCCCCCCCC[N+](C)(C)CCCCCCCCCCCO. The lowest BCUT2D eigenvalue weighted by Crippen LogP contribution is -2.41. The van der Waals surface area contributed by atoms with Gasteiger partial charge >= 0.3 is 0 Å². The van der Waals surface area contributed by atoms with Crippen LogP contribution in [0, 0.1) is 0 Å². The Morgan fingerprint density at radius 2 is 0.645 bits per heavy atom. The van der Waals surface area contributed by atoms with Crippen LogP contribution in [0.25, 0.3) is 0 Å². The third kappa shape index (κ3) is 26.1. The molecule has 0 aliphatic heterocycles. The fraction of sp³-hybridized carbons (Fsp3) is 1.00. The van der Waals surface area contributed by atoms with Crippen LogP contribution in [0.4, 0.5) is 0 Å². The van der Waals surface area contributed by atoms with E-state index < -0.39 is 0 Å². The van der Waals surface area contributed by atoms with Crippen molar-refractivity contribution >= 4 is 0 Å². The van der Waals surface area contributed by atoms with Crippen molar-refractivity contribution in [2.24, 2.45) is 0 Å². The molecule has 0 fully saturated rings. The number of quaternary nitrogens is 1. The van der Waals surface area contributed by atoms with Crippen LogP contribution in [0.1, 0.15) is 155 Å². The molecule has 0 aromatic heterocycles. The molecule has 0 saturated carbocycles. The van der Waals surface area contributed by atoms with Gasteiger partial charge in [0.2, 0.25) is 0 Å². The maximum Gasteiger partial charge on any atom is 0.0782 e. The van der Waals surface area contributed by atoms with E-state index in [1.165, 1.54) is 159 Å². The Morgan fingerprint density at radius 3 is 0.935 bits per heavy atom. The summed E-state index contributed by atoms with van der Waals surface area (Å²) in [6.07, 6.45) is 32.2. The van der Waals surface area contributed by atoms with Crippen LogP contribution in [-0.2, 0) is 0 Å². The number of unbranched alkanes of at least 4 members (excludes halogenated alkanes) is 21. The first kappa shape index (κ1) is 30.9. The van der Waals surface area contributed by atoms with Crippen LogP contribution >= 0.6 is 0 Å². The van der Waals surface area contributed by atoms with E-state index in [9.17, 15) is 0 Å². The quantitative estimate of drug-likeness (QED) is 0.105. The predicted octanol–water partition coefficient (Wildman–Crippen LogP) is 9.05. The maximum absolute atomic E-state index is 8.79. The van der Waals surface area contributed by atoms with Crippen molar-refractivity contribution in [2.45, 2.75) is 155 Å². The highest BCUT2D eigenvalue weighted by atomic mass is 16.2. The van der Waals surface area contributed by atoms with Crippen LogP contribution in [0.15, 0.2) is 0 Å². The summed E-state index contributed by atoms with van der Waals surface area (Å²) in [5.41, 5.74) is 0. The van der Waals surface area contributed by atoms with Gasteiger partial charge in [-0.05, 0) is 32.1 Å². The maximum atomic E-state index is 8.79. The molecule has 31 heavy (non-hydrogen) atoms. The van der Waals surface area contributed by atoms with E-state index in [-0.39, 0.29) is 0 Å². The minimum atomic E-state index is 0.368. The van der Waals surface area contributed by atoms with Crippen molar-refractivity contribution in [2.75, 3.05) is 33.8 Å². The molecule has 0 radical (unpaired) electrons. The van der Waals surface area contributed by atoms with Crippen molar-refractivity contribution in [1.29, 1.82) is 0 Å². The molecule has 0 unspecified atom stereocenters. The van der Waals surface area contributed by atoms with E-state index in [1.54, 1.807) is 0 Å². The molecule has 0 atom stereocenters. The number of nitrogens with zero attached hydrogens (tertiary/aromatic N) is 1.